The fraction of sp³-hybridized carbons (Fsp3) is 0.500. The van der Waals surface area contributed by atoms with Crippen molar-refractivity contribution in [3.8, 4) is 0 Å². The van der Waals surface area contributed by atoms with Gasteiger partial charge in [0.1, 0.15) is 0 Å². The normalized spacial score (nSPS) is 20.5. The van der Waals surface area contributed by atoms with Gasteiger partial charge in [-0.1, -0.05) is 18.2 Å². The highest BCUT2D eigenvalue weighted by molar-refractivity contribution is 7.90. The molecule has 0 atom stereocenters. The molecular weight excluding hydrogens is 236 g/mol. The average Bonchev–Trinajstić information content (AvgIpc) is 2.24. The molecule has 2 rings (SSSR count). The van der Waals surface area contributed by atoms with Crippen molar-refractivity contribution in [2.24, 2.45) is 0 Å². The van der Waals surface area contributed by atoms with E-state index in [2.05, 4.69) is 0 Å². The second-order valence-electron chi connectivity index (χ2n) is 4.50. The Labute approximate surface area is 103 Å². The van der Waals surface area contributed by atoms with Crippen molar-refractivity contribution in [2.75, 3.05) is 24.4 Å². The maximum Gasteiger partial charge on any atom is 0.303 e. The van der Waals surface area contributed by atoms with Crippen LogP contribution in [0.25, 0.3) is 0 Å². The molecule has 0 N–H and O–H groups in total. The molecule has 0 bridgehead atoms. The smallest absolute Gasteiger partial charge is 0.257 e. The minimum Gasteiger partial charge on any atom is -0.257 e. The van der Waals surface area contributed by atoms with Gasteiger partial charge in [-0.25, -0.2) is 0 Å². The zero-order chi connectivity index (χ0) is 12.6. The van der Waals surface area contributed by atoms with Crippen molar-refractivity contribution in [2.45, 2.75) is 20.3 Å². The Hall–Kier alpha value is -1.07. The number of anilines is 1. The monoisotopic (exact) mass is 254 g/mol. The molecule has 0 aliphatic carbocycles. The minimum atomic E-state index is -3.33. The van der Waals surface area contributed by atoms with Crippen molar-refractivity contribution in [1.29, 1.82) is 0 Å². The molecule has 1 aliphatic rings. The van der Waals surface area contributed by atoms with Gasteiger partial charge in [0.05, 0.1) is 5.69 Å². The van der Waals surface area contributed by atoms with Crippen LogP contribution < -0.4 is 4.31 Å². The fourth-order valence-corrected chi connectivity index (χ4v) is 3.84. The van der Waals surface area contributed by atoms with E-state index >= 15 is 0 Å². The van der Waals surface area contributed by atoms with Gasteiger partial charge >= 0.3 is 10.2 Å². The number of aryl methyl sites for hydroxylation is 2. The fourth-order valence-electron chi connectivity index (χ4n) is 2.26. The molecule has 0 saturated carbocycles. The number of para-hydroxylation sites is 1. The molecule has 1 heterocycles. The highest BCUT2D eigenvalue weighted by atomic mass is 32.2. The summed E-state index contributed by atoms with van der Waals surface area (Å²) in [7, 11) is -1.70. The molecule has 4 nitrogen and oxygen atoms in total. The first kappa shape index (κ1) is 12.4. The summed E-state index contributed by atoms with van der Waals surface area (Å²) in [5, 5.41) is 0. The van der Waals surface area contributed by atoms with Crippen LogP contribution in [0.4, 0.5) is 5.69 Å². The van der Waals surface area contributed by atoms with E-state index in [4.69, 9.17) is 0 Å². The Morgan fingerprint density at radius 2 is 1.71 bits per heavy atom. The van der Waals surface area contributed by atoms with Crippen LogP contribution >= 0.6 is 0 Å². The van der Waals surface area contributed by atoms with Gasteiger partial charge in [-0.05, 0) is 31.4 Å². The van der Waals surface area contributed by atoms with Crippen molar-refractivity contribution >= 4 is 15.9 Å². The van der Waals surface area contributed by atoms with Gasteiger partial charge < -0.3 is 0 Å². The lowest BCUT2D eigenvalue weighted by Gasteiger charge is -2.35. The van der Waals surface area contributed by atoms with Crippen LogP contribution in [0, 0.1) is 13.8 Å². The molecule has 1 fully saturated rings. The predicted molar refractivity (Wildman–Crippen MR) is 69.4 cm³/mol. The van der Waals surface area contributed by atoms with E-state index in [1.54, 1.807) is 7.05 Å². The standard InChI is InChI=1S/C12H18N2O2S/c1-10-6-4-7-11(2)12(10)14-9-5-8-13(3)17(14,15)16/h4,6-7H,5,8-9H2,1-3H3. The Morgan fingerprint density at radius 3 is 2.29 bits per heavy atom. The van der Waals surface area contributed by atoms with Crippen LogP contribution in [0.15, 0.2) is 18.2 Å². The summed E-state index contributed by atoms with van der Waals surface area (Å²) in [6.45, 7) is 5.07. The third-order valence-corrected chi connectivity index (χ3v) is 5.09. The van der Waals surface area contributed by atoms with Gasteiger partial charge in [-0.2, -0.15) is 12.7 Å². The second kappa shape index (κ2) is 4.31. The quantitative estimate of drug-likeness (QED) is 0.765. The average molecular weight is 254 g/mol. The molecular formula is C12H18N2O2S. The van der Waals surface area contributed by atoms with Crippen LogP contribution in [0.5, 0.6) is 0 Å². The van der Waals surface area contributed by atoms with E-state index in [1.165, 1.54) is 8.61 Å². The van der Waals surface area contributed by atoms with Crippen LogP contribution in [0.1, 0.15) is 17.5 Å². The van der Waals surface area contributed by atoms with Gasteiger partial charge in [-0.3, -0.25) is 4.31 Å². The van der Waals surface area contributed by atoms with Crippen LogP contribution in [0.2, 0.25) is 0 Å². The number of nitrogens with zero attached hydrogens (tertiary/aromatic N) is 2. The Morgan fingerprint density at radius 1 is 1.12 bits per heavy atom. The van der Waals surface area contributed by atoms with Crippen LogP contribution in [0.3, 0.4) is 0 Å². The van der Waals surface area contributed by atoms with Crippen LogP contribution in [-0.2, 0) is 10.2 Å². The lowest BCUT2D eigenvalue weighted by Crippen LogP contribution is -2.48. The first-order valence-electron chi connectivity index (χ1n) is 5.75. The number of hydrogen-bond donors (Lipinski definition) is 0. The zero-order valence-electron chi connectivity index (χ0n) is 10.5. The molecule has 5 heteroatoms. The largest absolute Gasteiger partial charge is 0.303 e. The van der Waals surface area contributed by atoms with E-state index in [0.29, 0.717) is 13.1 Å². The minimum absolute atomic E-state index is 0.568. The summed E-state index contributed by atoms with van der Waals surface area (Å²) in [6.07, 6.45) is 0.865. The van der Waals surface area contributed by atoms with E-state index in [0.717, 1.165) is 23.2 Å². The third kappa shape index (κ3) is 2.05. The summed E-state index contributed by atoms with van der Waals surface area (Å²) in [4.78, 5) is 0. The topological polar surface area (TPSA) is 40.6 Å². The summed E-state index contributed by atoms with van der Waals surface area (Å²) in [5.41, 5.74) is 2.84. The molecule has 0 amide bonds. The maximum absolute atomic E-state index is 12.3. The van der Waals surface area contributed by atoms with Crippen molar-refractivity contribution in [3.63, 3.8) is 0 Å². The first-order valence-corrected chi connectivity index (χ1v) is 7.14. The number of hydrogen-bond acceptors (Lipinski definition) is 2. The van der Waals surface area contributed by atoms with Crippen molar-refractivity contribution in [1.82, 2.24) is 4.31 Å². The molecule has 1 aromatic rings. The van der Waals surface area contributed by atoms with E-state index in [1.807, 2.05) is 32.0 Å². The first-order chi connectivity index (χ1) is 7.94. The summed E-state index contributed by atoms with van der Waals surface area (Å²) in [6, 6.07) is 5.85. The predicted octanol–water partition coefficient (Wildman–Crippen LogP) is 1.69. The summed E-state index contributed by atoms with van der Waals surface area (Å²) >= 11 is 0. The summed E-state index contributed by atoms with van der Waals surface area (Å²) < 4.78 is 27.5. The molecule has 1 saturated heterocycles. The lowest BCUT2D eigenvalue weighted by molar-refractivity contribution is 0.437. The third-order valence-electron chi connectivity index (χ3n) is 3.20. The molecule has 0 unspecified atom stereocenters. The number of benzene rings is 1. The van der Waals surface area contributed by atoms with Gasteiger partial charge in [0.25, 0.3) is 0 Å². The molecule has 17 heavy (non-hydrogen) atoms. The van der Waals surface area contributed by atoms with E-state index in [9.17, 15) is 8.42 Å². The molecule has 0 aromatic heterocycles. The molecule has 1 aliphatic heterocycles. The van der Waals surface area contributed by atoms with Gasteiger partial charge in [0.2, 0.25) is 0 Å². The Kier molecular flexibility index (Phi) is 3.14. The highest BCUT2D eigenvalue weighted by Gasteiger charge is 2.32. The molecule has 0 spiro atoms. The van der Waals surface area contributed by atoms with Gasteiger partial charge in [0, 0.05) is 20.1 Å². The van der Waals surface area contributed by atoms with E-state index in [-0.39, 0.29) is 0 Å². The summed E-state index contributed by atoms with van der Waals surface area (Å²) in [5.74, 6) is 0. The SMILES string of the molecule is Cc1cccc(C)c1N1CCCN(C)S1(=O)=O. The van der Waals surface area contributed by atoms with Crippen LogP contribution in [-0.4, -0.2) is 32.9 Å². The Balaban J connectivity index is 2.53. The molecule has 0 radical (unpaired) electrons. The van der Waals surface area contributed by atoms with Gasteiger partial charge in [-0.15, -0.1) is 0 Å². The molecule has 1 aromatic carbocycles. The van der Waals surface area contributed by atoms with Crippen molar-refractivity contribution < 1.29 is 8.42 Å². The van der Waals surface area contributed by atoms with Crippen molar-refractivity contribution in [3.05, 3.63) is 29.3 Å². The number of rotatable bonds is 1. The second-order valence-corrected chi connectivity index (χ2v) is 6.46. The zero-order valence-corrected chi connectivity index (χ0v) is 11.3. The highest BCUT2D eigenvalue weighted by Crippen LogP contribution is 2.29. The lowest BCUT2D eigenvalue weighted by atomic mass is 10.1. The Bertz CT molecular complexity index is 505. The maximum atomic E-state index is 12.3. The van der Waals surface area contributed by atoms with E-state index < -0.39 is 10.2 Å². The molecule has 94 valence electrons. The van der Waals surface area contributed by atoms with Gasteiger partial charge in [0.15, 0.2) is 0 Å².